The molecule has 3 aromatic rings. The number of ether oxygens (including phenoxy) is 1. The highest BCUT2D eigenvalue weighted by Crippen LogP contribution is 2.49. The first-order valence-electron chi connectivity index (χ1n) is 8.38. The number of aromatic nitrogens is 3. The van der Waals surface area contributed by atoms with Gasteiger partial charge in [-0.05, 0) is 36.8 Å². The van der Waals surface area contributed by atoms with Crippen LogP contribution >= 0.6 is 23.1 Å². The number of hydrogen-bond donors (Lipinski definition) is 1. The van der Waals surface area contributed by atoms with Crippen LogP contribution in [0.2, 0.25) is 0 Å². The number of thiophene rings is 1. The molecule has 0 atom stereocenters. The number of pyridine rings is 1. The van der Waals surface area contributed by atoms with Crippen LogP contribution in [0.4, 0.5) is 5.69 Å². The van der Waals surface area contributed by atoms with E-state index in [9.17, 15) is 0 Å². The predicted octanol–water partition coefficient (Wildman–Crippen LogP) is 4.34. The lowest BCUT2D eigenvalue weighted by Crippen LogP contribution is -1.93. The Bertz CT molecular complexity index is 878. The largest absolute Gasteiger partial charge is 0.397 e. The number of hydrogen-bond acceptors (Lipinski definition) is 7. The van der Waals surface area contributed by atoms with Gasteiger partial charge in [0, 0.05) is 42.8 Å². The van der Waals surface area contributed by atoms with E-state index in [4.69, 9.17) is 15.5 Å². The van der Waals surface area contributed by atoms with Gasteiger partial charge in [0.05, 0.1) is 15.6 Å². The zero-order valence-electron chi connectivity index (χ0n) is 14.1. The van der Waals surface area contributed by atoms with E-state index in [1.165, 1.54) is 22.6 Å². The monoisotopic (exact) mass is 372 g/mol. The van der Waals surface area contributed by atoms with Gasteiger partial charge in [0.1, 0.15) is 11.2 Å². The number of nitrogens with two attached hydrogens (primary N) is 1. The van der Waals surface area contributed by atoms with Crippen LogP contribution in [-0.4, -0.2) is 34.4 Å². The fourth-order valence-electron chi connectivity index (χ4n) is 2.90. The molecule has 130 valence electrons. The van der Waals surface area contributed by atoms with E-state index in [1.807, 2.05) is 12.4 Å². The SMILES string of the molecule is COCCCSc1sc2nc(-c3cncnc3)cc(C3CC3)c2c1N. The Morgan fingerprint density at radius 2 is 2.12 bits per heavy atom. The van der Waals surface area contributed by atoms with E-state index in [0.717, 1.165) is 45.9 Å². The summed E-state index contributed by atoms with van der Waals surface area (Å²) in [5, 5.41) is 1.15. The molecule has 3 heterocycles. The van der Waals surface area contributed by atoms with Gasteiger partial charge in [-0.2, -0.15) is 0 Å². The quantitative estimate of drug-likeness (QED) is 0.491. The summed E-state index contributed by atoms with van der Waals surface area (Å²) in [6, 6.07) is 2.18. The standard InChI is InChI=1S/C18H20N4OS2/c1-23-5-2-6-24-18-16(19)15-13(11-3-4-11)7-14(22-17(15)25-18)12-8-20-10-21-9-12/h7-11H,2-6,19H2,1H3. The van der Waals surface area contributed by atoms with Gasteiger partial charge in [-0.3, -0.25) is 0 Å². The molecular weight excluding hydrogens is 352 g/mol. The van der Waals surface area contributed by atoms with Crippen molar-refractivity contribution in [2.75, 3.05) is 25.2 Å². The molecule has 1 aliphatic rings. The Balaban J connectivity index is 1.74. The first kappa shape index (κ1) is 16.8. The van der Waals surface area contributed by atoms with E-state index < -0.39 is 0 Å². The lowest BCUT2D eigenvalue weighted by atomic mass is 10.0. The number of nitrogens with zero attached hydrogens (tertiary/aromatic N) is 3. The Morgan fingerprint density at radius 3 is 2.84 bits per heavy atom. The van der Waals surface area contributed by atoms with Crippen molar-refractivity contribution < 1.29 is 4.74 Å². The first-order valence-corrected chi connectivity index (χ1v) is 10.2. The summed E-state index contributed by atoms with van der Waals surface area (Å²) in [5.41, 5.74) is 10.6. The zero-order chi connectivity index (χ0) is 17.2. The Morgan fingerprint density at radius 1 is 1.32 bits per heavy atom. The van der Waals surface area contributed by atoms with Gasteiger partial charge in [0.25, 0.3) is 0 Å². The van der Waals surface area contributed by atoms with Crippen LogP contribution < -0.4 is 5.73 Å². The highest BCUT2D eigenvalue weighted by atomic mass is 32.2. The molecule has 3 aromatic heterocycles. The molecule has 25 heavy (non-hydrogen) atoms. The molecule has 4 rings (SSSR count). The van der Waals surface area contributed by atoms with Gasteiger partial charge in [0.15, 0.2) is 0 Å². The van der Waals surface area contributed by atoms with Crippen LogP contribution in [0, 0.1) is 0 Å². The third kappa shape index (κ3) is 3.49. The molecule has 0 saturated heterocycles. The van der Waals surface area contributed by atoms with Crippen molar-refractivity contribution in [2.45, 2.75) is 29.4 Å². The average Bonchev–Trinajstić information content (AvgIpc) is 3.44. The number of methoxy groups -OCH3 is 1. The summed E-state index contributed by atoms with van der Waals surface area (Å²) in [5.74, 6) is 1.61. The van der Waals surface area contributed by atoms with Gasteiger partial charge in [-0.1, -0.05) is 0 Å². The molecule has 0 bridgehead atoms. The predicted molar refractivity (Wildman–Crippen MR) is 104 cm³/mol. The lowest BCUT2D eigenvalue weighted by Gasteiger charge is -2.07. The van der Waals surface area contributed by atoms with E-state index >= 15 is 0 Å². The van der Waals surface area contributed by atoms with Crippen molar-refractivity contribution in [2.24, 2.45) is 0 Å². The Hall–Kier alpha value is -1.70. The second-order valence-electron chi connectivity index (χ2n) is 6.18. The van der Waals surface area contributed by atoms with E-state index in [2.05, 4.69) is 16.0 Å². The minimum absolute atomic E-state index is 0.608. The third-order valence-electron chi connectivity index (χ3n) is 4.29. The maximum atomic E-state index is 6.50. The van der Waals surface area contributed by atoms with Gasteiger partial charge in [-0.15, -0.1) is 23.1 Å². The molecule has 1 saturated carbocycles. The van der Waals surface area contributed by atoms with Crippen LogP contribution in [0.15, 0.2) is 29.0 Å². The maximum Gasteiger partial charge on any atom is 0.127 e. The molecule has 0 spiro atoms. The van der Waals surface area contributed by atoms with Crippen molar-refractivity contribution in [1.29, 1.82) is 0 Å². The van der Waals surface area contributed by atoms with Crippen molar-refractivity contribution in [3.63, 3.8) is 0 Å². The topological polar surface area (TPSA) is 73.9 Å². The molecule has 5 nitrogen and oxygen atoms in total. The molecule has 1 fully saturated rings. The summed E-state index contributed by atoms with van der Waals surface area (Å²) >= 11 is 3.50. The van der Waals surface area contributed by atoms with Gasteiger partial charge >= 0.3 is 0 Å². The molecule has 0 aromatic carbocycles. The zero-order valence-corrected chi connectivity index (χ0v) is 15.7. The molecule has 1 aliphatic carbocycles. The van der Waals surface area contributed by atoms with Crippen LogP contribution in [0.1, 0.15) is 30.7 Å². The van der Waals surface area contributed by atoms with Gasteiger partial charge in [0.2, 0.25) is 0 Å². The molecule has 0 amide bonds. The van der Waals surface area contributed by atoms with Gasteiger partial charge in [-0.25, -0.2) is 15.0 Å². The average molecular weight is 373 g/mol. The van der Waals surface area contributed by atoms with Crippen molar-refractivity contribution in [3.8, 4) is 11.3 Å². The molecule has 0 radical (unpaired) electrons. The second-order valence-corrected chi connectivity index (χ2v) is 8.54. The lowest BCUT2D eigenvalue weighted by molar-refractivity contribution is 0.200. The van der Waals surface area contributed by atoms with Crippen molar-refractivity contribution in [3.05, 3.63) is 30.4 Å². The molecule has 0 aliphatic heterocycles. The summed E-state index contributed by atoms with van der Waals surface area (Å²) in [4.78, 5) is 14.1. The molecule has 0 unspecified atom stereocenters. The minimum Gasteiger partial charge on any atom is -0.397 e. The first-order chi connectivity index (χ1) is 12.3. The highest BCUT2D eigenvalue weighted by molar-refractivity contribution is 8.01. The minimum atomic E-state index is 0.608. The fourth-order valence-corrected chi connectivity index (χ4v) is 5.19. The van der Waals surface area contributed by atoms with Gasteiger partial charge < -0.3 is 10.5 Å². The normalized spacial score (nSPS) is 14.3. The molecule has 2 N–H and O–H groups in total. The Labute approximate surface area is 155 Å². The summed E-state index contributed by atoms with van der Waals surface area (Å²) < 4.78 is 6.30. The smallest absolute Gasteiger partial charge is 0.127 e. The summed E-state index contributed by atoms with van der Waals surface area (Å²) in [7, 11) is 1.74. The number of fused-ring (bicyclic) bond motifs is 1. The van der Waals surface area contributed by atoms with E-state index in [-0.39, 0.29) is 0 Å². The van der Waals surface area contributed by atoms with Crippen LogP contribution in [0.3, 0.4) is 0 Å². The highest BCUT2D eigenvalue weighted by Gasteiger charge is 2.29. The maximum absolute atomic E-state index is 6.50. The van der Waals surface area contributed by atoms with Crippen LogP contribution in [0.5, 0.6) is 0 Å². The van der Waals surface area contributed by atoms with Crippen molar-refractivity contribution >= 4 is 39.0 Å². The van der Waals surface area contributed by atoms with Crippen LogP contribution in [0.25, 0.3) is 21.5 Å². The van der Waals surface area contributed by atoms with Crippen LogP contribution in [-0.2, 0) is 4.74 Å². The third-order valence-corrected chi connectivity index (χ3v) is 6.77. The number of nitrogen functional groups attached to an aromatic ring is 1. The number of anilines is 1. The number of thioether (sulfide) groups is 1. The Kier molecular flexibility index (Phi) is 4.87. The van der Waals surface area contributed by atoms with E-state index in [1.54, 1.807) is 36.5 Å². The fraction of sp³-hybridized carbons (Fsp3) is 0.389. The second kappa shape index (κ2) is 7.27. The van der Waals surface area contributed by atoms with Crippen molar-refractivity contribution in [1.82, 2.24) is 15.0 Å². The summed E-state index contributed by atoms with van der Waals surface area (Å²) in [6.45, 7) is 0.779. The molecule has 7 heteroatoms. The molecular formula is C18H20N4OS2. The van der Waals surface area contributed by atoms with E-state index in [0.29, 0.717) is 5.92 Å². The summed E-state index contributed by atoms with van der Waals surface area (Å²) in [6.07, 6.45) is 8.65. The number of rotatable bonds is 7.